The first-order valence-corrected chi connectivity index (χ1v) is 8.11. The molecule has 0 aliphatic heterocycles. The van der Waals surface area contributed by atoms with E-state index < -0.39 is 0 Å². The van der Waals surface area contributed by atoms with Gasteiger partial charge in [0.15, 0.2) is 4.96 Å². The monoisotopic (exact) mass is 404 g/mol. The first-order valence-electron chi connectivity index (χ1n) is 5.31. The van der Waals surface area contributed by atoms with Crippen LogP contribution in [0.15, 0.2) is 34.2 Å². The van der Waals surface area contributed by atoms with Crippen molar-refractivity contribution in [3.63, 3.8) is 0 Å². The van der Waals surface area contributed by atoms with E-state index in [9.17, 15) is 4.39 Å². The van der Waals surface area contributed by atoms with Crippen LogP contribution in [0.1, 0.15) is 5.69 Å². The lowest BCUT2D eigenvalue weighted by Crippen LogP contribution is -1.91. The number of alkyl halides is 1. The maximum atomic E-state index is 13.3. The number of thiazole rings is 1. The van der Waals surface area contributed by atoms with E-state index in [1.807, 2.05) is 16.0 Å². The van der Waals surface area contributed by atoms with E-state index in [0.29, 0.717) is 21.4 Å². The summed E-state index contributed by atoms with van der Waals surface area (Å²) in [5.41, 5.74) is 0.900. The third kappa shape index (κ3) is 2.54. The number of fused-ring (bicyclic) bond motifs is 1. The Kier molecular flexibility index (Phi) is 3.60. The fourth-order valence-electron chi connectivity index (χ4n) is 1.72. The Morgan fingerprint density at radius 1 is 1.37 bits per heavy atom. The lowest BCUT2D eigenvalue weighted by molar-refractivity contribution is 0.456. The molecule has 0 fully saturated rings. The van der Waals surface area contributed by atoms with E-state index in [4.69, 9.17) is 4.74 Å². The molecule has 98 valence electrons. The number of ether oxygens (including phenoxy) is 1. The first kappa shape index (κ1) is 13.1. The molecule has 7 heteroatoms. The van der Waals surface area contributed by atoms with Crippen LogP contribution in [-0.4, -0.2) is 9.38 Å². The van der Waals surface area contributed by atoms with Gasteiger partial charge >= 0.3 is 0 Å². The molecule has 0 saturated heterocycles. The van der Waals surface area contributed by atoms with E-state index >= 15 is 0 Å². The van der Waals surface area contributed by atoms with Crippen molar-refractivity contribution in [3.8, 4) is 11.6 Å². The molecule has 3 aromatic rings. The third-order valence-corrected chi connectivity index (χ3v) is 4.25. The number of rotatable bonds is 3. The standard InChI is InChI=1S/C12H7Br2FN2OS/c13-6-10-11(16-12-17(10)1-2-19-12)18-9-4-7(14)3-8(15)5-9/h1-5H,6H2. The van der Waals surface area contributed by atoms with E-state index in [1.54, 1.807) is 6.07 Å². The molecule has 3 nitrogen and oxygen atoms in total. The summed E-state index contributed by atoms with van der Waals surface area (Å²) in [6.45, 7) is 0. The average Bonchev–Trinajstić information content (AvgIpc) is 2.87. The Hall–Kier alpha value is -0.920. The van der Waals surface area contributed by atoms with Gasteiger partial charge in [0.25, 0.3) is 0 Å². The minimum absolute atomic E-state index is 0.356. The molecule has 0 unspecified atom stereocenters. The Bertz CT molecular complexity index is 720. The number of nitrogens with zero attached hydrogens (tertiary/aromatic N) is 2. The van der Waals surface area contributed by atoms with Crippen molar-refractivity contribution in [3.05, 3.63) is 45.8 Å². The predicted octanol–water partition coefficient (Wildman–Crippen LogP) is 4.98. The highest BCUT2D eigenvalue weighted by molar-refractivity contribution is 9.10. The van der Waals surface area contributed by atoms with Crippen molar-refractivity contribution < 1.29 is 9.13 Å². The SMILES string of the molecule is Fc1cc(Br)cc(Oc2nc3sccn3c2CBr)c1. The minimum atomic E-state index is -0.356. The molecule has 2 heterocycles. The van der Waals surface area contributed by atoms with Crippen LogP contribution in [0.2, 0.25) is 0 Å². The van der Waals surface area contributed by atoms with Crippen LogP contribution in [0.5, 0.6) is 11.6 Å². The van der Waals surface area contributed by atoms with Gasteiger partial charge in [0, 0.05) is 27.4 Å². The topological polar surface area (TPSA) is 26.5 Å². The van der Waals surface area contributed by atoms with E-state index in [2.05, 4.69) is 36.8 Å². The zero-order chi connectivity index (χ0) is 13.4. The van der Waals surface area contributed by atoms with Crippen molar-refractivity contribution in [2.45, 2.75) is 5.33 Å². The highest BCUT2D eigenvalue weighted by atomic mass is 79.9. The van der Waals surface area contributed by atoms with Gasteiger partial charge in [0.2, 0.25) is 5.88 Å². The Balaban J connectivity index is 2.02. The number of halogens is 3. The van der Waals surface area contributed by atoms with Gasteiger partial charge in [-0.15, -0.1) is 11.3 Å². The van der Waals surface area contributed by atoms with Gasteiger partial charge in [0.1, 0.15) is 11.6 Å². The second-order valence-electron chi connectivity index (χ2n) is 3.76. The normalized spacial score (nSPS) is 11.1. The molecule has 0 amide bonds. The molecular formula is C12H7Br2FN2OS. The molecule has 0 radical (unpaired) electrons. The summed E-state index contributed by atoms with van der Waals surface area (Å²) in [6.07, 6.45) is 1.93. The molecule has 19 heavy (non-hydrogen) atoms. The number of hydrogen-bond acceptors (Lipinski definition) is 3. The summed E-state index contributed by atoms with van der Waals surface area (Å²) >= 11 is 8.17. The van der Waals surface area contributed by atoms with Gasteiger partial charge in [-0.1, -0.05) is 31.9 Å². The van der Waals surface area contributed by atoms with Crippen molar-refractivity contribution in [1.82, 2.24) is 9.38 Å². The molecule has 3 rings (SSSR count). The van der Waals surface area contributed by atoms with Crippen molar-refractivity contribution in [2.75, 3.05) is 0 Å². The maximum absolute atomic E-state index is 13.3. The van der Waals surface area contributed by atoms with Crippen LogP contribution in [-0.2, 0) is 5.33 Å². The summed E-state index contributed by atoms with van der Waals surface area (Å²) in [7, 11) is 0. The van der Waals surface area contributed by atoms with Crippen LogP contribution in [0, 0.1) is 5.82 Å². The predicted molar refractivity (Wildman–Crippen MR) is 79.9 cm³/mol. The lowest BCUT2D eigenvalue weighted by atomic mass is 10.3. The highest BCUT2D eigenvalue weighted by Crippen LogP contribution is 2.31. The molecule has 1 aromatic carbocycles. The molecule has 0 aliphatic rings. The second-order valence-corrected chi connectivity index (χ2v) is 6.11. The Labute approximate surface area is 129 Å². The summed E-state index contributed by atoms with van der Waals surface area (Å²) in [4.78, 5) is 5.24. The first-order chi connectivity index (χ1) is 9.17. The number of benzene rings is 1. The van der Waals surface area contributed by atoms with Crippen molar-refractivity contribution in [2.24, 2.45) is 0 Å². The summed E-state index contributed by atoms with van der Waals surface area (Å²) in [5, 5.41) is 2.56. The molecule has 0 aliphatic carbocycles. The molecule has 0 spiro atoms. The van der Waals surface area contributed by atoms with Gasteiger partial charge in [0.05, 0.1) is 5.69 Å². The van der Waals surface area contributed by atoms with E-state index in [0.717, 1.165) is 10.7 Å². The average molecular weight is 406 g/mol. The molecule has 2 aromatic heterocycles. The fourth-order valence-corrected chi connectivity index (χ4v) is 3.39. The fraction of sp³-hybridized carbons (Fsp3) is 0.0833. The van der Waals surface area contributed by atoms with Crippen LogP contribution < -0.4 is 4.74 Å². The summed E-state index contributed by atoms with van der Waals surface area (Å²) in [6, 6.07) is 4.41. The molecular weight excluding hydrogens is 399 g/mol. The third-order valence-electron chi connectivity index (χ3n) is 2.50. The minimum Gasteiger partial charge on any atom is -0.437 e. The second kappa shape index (κ2) is 5.22. The van der Waals surface area contributed by atoms with Crippen molar-refractivity contribution in [1.29, 1.82) is 0 Å². The number of imidazole rings is 1. The maximum Gasteiger partial charge on any atom is 0.243 e. The van der Waals surface area contributed by atoms with E-state index in [1.165, 1.54) is 23.5 Å². The number of hydrogen-bond donors (Lipinski definition) is 0. The van der Waals surface area contributed by atoms with Gasteiger partial charge in [-0.05, 0) is 12.1 Å². The Morgan fingerprint density at radius 3 is 2.95 bits per heavy atom. The smallest absolute Gasteiger partial charge is 0.243 e. The van der Waals surface area contributed by atoms with Gasteiger partial charge in [-0.2, -0.15) is 4.98 Å². The van der Waals surface area contributed by atoms with Gasteiger partial charge < -0.3 is 4.74 Å². The quantitative estimate of drug-likeness (QED) is 0.574. The van der Waals surface area contributed by atoms with Gasteiger partial charge in [-0.3, -0.25) is 4.40 Å². The summed E-state index contributed by atoms with van der Waals surface area (Å²) in [5.74, 6) is 0.548. The van der Waals surface area contributed by atoms with Crippen LogP contribution in [0.25, 0.3) is 4.96 Å². The largest absolute Gasteiger partial charge is 0.437 e. The highest BCUT2D eigenvalue weighted by Gasteiger charge is 2.14. The molecule has 0 atom stereocenters. The summed E-state index contributed by atoms with van der Waals surface area (Å²) < 4.78 is 21.6. The zero-order valence-corrected chi connectivity index (χ0v) is 13.4. The van der Waals surface area contributed by atoms with Gasteiger partial charge in [-0.25, -0.2) is 4.39 Å². The molecule has 0 bridgehead atoms. The Morgan fingerprint density at radius 2 is 2.21 bits per heavy atom. The van der Waals surface area contributed by atoms with Crippen LogP contribution in [0.4, 0.5) is 4.39 Å². The lowest BCUT2D eigenvalue weighted by Gasteiger charge is -2.05. The van der Waals surface area contributed by atoms with Crippen LogP contribution >= 0.6 is 43.2 Å². The van der Waals surface area contributed by atoms with Crippen molar-refractivity contribution >= 4 is 48.2 Å². The van der Waals surface area contributed by atoms with E-state index in [-0.39, 0.29) is 5.82 Å². The van der Waals surface area contributed by atoms with Crippen LogP contribution in [0.3, 0.4) is 0 Å². The number of aromatic nitrogens is 2. The molecule has 0 saturated carbocycles. The zero-order valence-electron chi connectivity index (χ0n) is 9.44. The molecule has 0 N–H and O–H groups in total.